The molecule has 0 radical (unpaired) electrons. The molecule has 0 unspecified atom stereocenters. The average molecular weight is 215 g/mol. The van der Waals surface area contributed by atoms with Gasteiger partial charge in [-0.05, 0) is 49.8 Å². The molecule has 0 aromatic heterocycles. The van der Waals surface area contributed by atoms with E-state index < -0.39 is 0 Å². The molecule has 1 nitrogen and oxygen atoms in total. The van der Waals surface area contributed by atoms with Gasteiger partial charge in [0.25, 0.3) is 0 Å². The fourth-order valence-corrected chi connectivity index (χ4v) is 2.62. The van der Waals surface area contributed by atoms with Crippen LogP contribution in [0.25, 0.3) is 6.08 Å². The van der Waals surface area contributed by atoms with E-state index in [4.69, 9.17) is 0 Å². The lowest BCUT2D eigenvalue weighted by Crippen LogP contribution is -2.29. The van der Waals surface area contributed by atoms with Crippen LogP contribution >= 0.6 is 0 Å². The van der Waals surface area contributed by atoms with Gasteiger partial charge in [0.15, 0.2) is 0 Å². The zero-order valence-corrected chi connectivity index (χ0v) is 10.1. The maximum Gasteiger partial charge on any atom is 0.00644 e. The summed E-state index contributed by atoms with van der Waals surface area (Å²) in [6, 6.07) is 9.62. The van der Waals surface area contributed by atoms with Crippen LogP contribution in [0.4, 0.5) is 0 Å². The third kappa shape index (κ3) is 2.53. The smallest absolute Gasteiger partial charge is 0.00644 e. The van der Waals surface area contributed by atoms with Crippen LogP contribution in [0.3, 0.4) is 0 Å². The van der Waals surface area contributed by atoms with Gasteiger partial charge in [0.2, 0.25) is 0 Å². The predicted molar refractivity (Wildman–Crippen MR) is 70.6 cm³/mol. The van der Waals surface area contributed by atoms with Gasteiger partial charge in [-0.25, -0.2) is 0 Å². The summed E-state index contributed by atoms with van der Waals surface area (Å²) in [6.45, 7) is 3.79. The van der Waals surface area contributed by atoms with Crippen LogP contribution < -0.4 is 5.32 Å². The van der Waals surface area contributed by atoms with Crippen molar-refractivity contribution in [2.45, 2.75) is 37.6 Å². The van der Waals surface area contributed by atoms with Crippen molar-refractivity contribution in [1.82, 2.24) is 5.32 Å². The van der Waals surface area contributed by atoms with Gasteiger partial charge >= 0.3 is 0 Å². The van der Waals surface area contributed by atoms with Crippen LogP contribution in [0.1, 0.15) is 42.7 Å². The second kappa shape index (κ2) is 5.31. The van der Waals surface area contributed by atoms with E-state index in [2.05, 4.69) is 43.2 Å². The molecule has 0 heterocycles. The van der Waals surface area contributed by atoms with Crippen LogP contribution in [-0.2, 0) is 0 Å². The summed E-state index contributed by atoms with van der Waals surface area (Å²) < 4.78 is 0. The number of nitrogens with one attached hydrogen (secondary N) is 1. The van der Waals surface area contributed by atoms with Crippen molar-refractivity contribution in [2.24, 2.45) is 0 Å². The maximum atomic E-state index is 3.79. The van der Waals surface area contributed by atoms with Crippen LogP contribution in [0, 0.1) is 0 Å². The predicted octanol–water partition coefficient (Wildman–Crippen LogP) is 3.58. The molecular formula is C15H21N. The summed E-state index contributed by atoms with van der Waals surface area (Å²) >= 11 is 0. The van der Waals surface area contributed by atoms with Crippen LogP contribution in [0.2, 0.25) is 0 Å². The van der Waals surface area contributed by atoms with E-state index in [1.54, 1.807) is 0 Å². The van der Waals surface area contributed by atoms with Crippen LogP contribution in [-0.4, -0.2) is 13.1 Å². The van der Waals surface area contributed by atoms with E-state index in [1.807, 2.05) is 6.08 Å². The highest BCUT2D eigenvalue weighted by molar-refractivity contribution is 5.47. The van der Waals surface area contributed by atoms with Gasteiger partial charge in [-0.2, -0.15) is 0 Å². The highest BCUT2D eigenvalue weighted by Crippen LogP contribution is 2.32. The molecule has 1 aromatic rings. The standard InChI is InChI=1S/C15H21N/c1-3-12-4-6-13(7-5-12)14-8-10-15(16-2)11-9-14/h3-7,14-16H,1,8-11H2,2H3. The molecule has 0 spiro atoms. The average Bonchev–Trinajstić information content (AvgIpc) is 2.39. The first-order valence-electron chi connectivity index (χ1n) is 6.23. The summed E-state index contributed by atoms with van der Waals surface area (Å²) in [7, 11) is 2.07. The Kier molecular flexibility index (Phi) is 3.79. The van der Waals surface area contributed by atoms with Crippen molar-refractivity contribution in [3.05, 3.63) is 42.0 Å². The number of benzene rings is 1. The topological polar surface area (TPSA) is 12.0 Å². The molecule has 1 N–H and O–H groups in total. The molecule has 1 aromatic carbocycles. The van der Waals surface area contributed by atoms with Crippen molar-refractivity contribution < 1.29 is 0 Å². The number of hydrogen-bond acceptors (Lipinski definition) is 1. The molecule has 1 fully saturated rings. The summed E-state index contributed by atoms with van der Waals surface area (Å²) in [4.78, 5) is 0. The Morgan fingerprint density at radius 3 is 2.25 bits per heavy atom. The van der Waals surface area contributed by atoms with Crippen LogP contribution in [0.5, 0.6) is 0 Å². The molecule has 1 heteroatoms. The quantitative estimate of drug-likeness (QED) is 0.812. The minimum Gasteiger partial charge on any atom is -0.317 e. The highest BCUT2D eigenvalue weighted by atomic mass is 14.9. The summed E-state index contributed by atoms with van der Waals surface area (Å²) in [5, 5.41) is 3.38. The van der Waals surface area contributed by atoms with Crippen molar-refractivity contribution in [3.8, 4) is 0 Å². The molecule has 0 aliphatic heterocycles. The van der Waals surface area contributed by atoms with Gasteiger partial charge in [0.05, 0.1) is 0 Å². The van der Waals surface area contributed by atoms with Gasteiger partial charge in [-0.3, -0.25) is 0 Å². The van der Waals surface area contributed by atoms with Gasteiger partial charge in [-0.15, -0.1) is 0 Å². The fourth-order valence-electron chi connectivity index (χ4n) is 2.62. The van der Waals surface area contributed by atoms with E-state index in [0.717, 1.165) is 12.0 Å². The molecule has 16 heavy (non-hydrogen) atoms. The largest absolute Gasteiger partial charge is 0.317 e. The van der Waals surface area contributed by atoms with Gasteiger partial charge in [-0.1, -0.05) is 36.9 Å². The SMILES string of the molecule is C=Cc1ccc(C2CCC(NC)CC2)cc1. The highest BCUT2D eigenvalue weighted by Gasteiger charge is 2.20. The Morgan fingerprint density at radius 2 is 1.75 bits per heavy atom. The van der Waals surface area contributed by atoms with E-state index in [9.17, 15) is 0 Å². The molecular weight excluding hydrogens is 194 g/mol. The van der Waals surface area contributed by atoms with Crippen molar-refractivity contribution >= 4 is 6.08 Å². The Bertz CT molecular complexity index is 331. The number of hydrogen-bond donors (Lipinski definition) is 1. The minimum atomic E-state index is 0.740. The first-order valence-corrected chi connectivity index (χ1v) is 6.23. The summed E-state index contributed by atoms with van der Waals surface area (Å²) in [5.41, 5.74) is 2.72. The van der Waals surface area contributed by atoms with Crippen LogP contribution in [0.15, 0.2) is 30.8 Å². The maximum absolute atomic E-state index is 3.79. The molecule has 0 saturated heterocycles. The third-order valence-electron chi connectivity index (χ3n) is 3.78. The van der Waals surface area contributed by atoms with E-state index in [1.165, 1.54) is 36.8 Å². The summed E-state index contributed by atoms with van der Waals surface area (Å²) in [5.74, 6) is 0.767. The Labute approximate surface area is 98.6 Å². The zero-order chi connectivity index (χ0) is 11.4. The van der Waals surface area contributed by atoms with E-state index >= 15 is 0 Å². The first kappa shape index (κ1) is 11.4. The van der Waals surface area contributed by atoms with E-state index in [0.29, 0.717) is 0 Å². The second-order valence-corrected chi connectivity index (χ2v) is 4.71. The lowest BCUT2D eigenvalue weighted by atomic mass is 9.81. The molecule has 86 valence electrons. The first-order chi connectivity index (χ1) is 7.83. The normalized spacial score (nSPS) is 25.3. The fraction of sp³-hybridized carbons (Fsp3) is 0.467. The second-order valence-electron chi connectivity index (χ2n) is 4.71. The molecule has 2 rings (SSSR count). The van der Waals surface area contributed by atoms with Gasteiger partial charge < -0.3 is 5.32 Å². The molecule has 1 aliphatic carbocycles. The monoisotopic (exact) mass is 215 g/mol. The molecule has 0 atom stereocenters. The molecule has 0 bridgehead atoms. The van der Waals surface area contributed by atoms with Gasteiger partial charge in [0, 0.05) is 6.04 Å². The Hall–Kier alpha value is -1.08. The number of rotatable bonds is 3. The van der Waals surface area contributed by atoms with E-state index in [-0.39, 0.29) is 0 Å². The van der Waals surface area contributed by atoms with Gasteiger partial charge in [0.1, 0.15) is 0 Å². The minimum absolute atomic E-state index is 0.740. The Morgan fingerprint density at radius 1 is 1.12 bits per heavy atom. The molecule has 1 aliphatic rings. The zero-order valence-electron chi connectivity index (χ0n) is 10.1. The van der Waals surface area contributed by atoms with Crippen molar-refractivity contribution in [3.63, 3.8) is 0 Å². The Balaban J connectivity index is 1.99. The molecule has 1 saturated carbocycles. The lowest BCUT2D eigenvalue weighted by molar-refractivity contribution is 0.359. The lowest BCUT2D eigenvalue weighted by Gasteiger charge is -2.28. The molecule has 0 amide bonds. The third-order valence-corrected chi connectivity index (χ3v) is 3.78. The van der Waals surface area contributed by atoms with Crippen molar-refractivity contribution in [2.75, 3.05) is 7.05 Å². The summed E-state index contributed by atoms with van der Waals surface area (Å²) in [6.07, 6.45) is 7.16. The van der Waals surface area contributed by atoms with Crippen molar-refractivity contribution in [1.29, 1.82) is 0 Å².